The van der Waals surface area contributed by atoms with E-state index >= 15 is 0 Å². The summed E-state index contributed by atoms with van der Waals surface area (Å²) < 4.78 is 0. The molecular formula is C19H16N2O. The molecule has 1 aromatic heterocycles. The minimum atomic E-state index is -0.0886. The third kappa shape index (κ3) is 3.20. The van der Waals surface area contributed by atoms with Crippen molar-refractivity contribution >= 4 is 34.6 Å². The van der Waals surface area contributed by atoms with Gasteiger partial charge in [0, 0.05) is 12.3 Å². The molecular weight excluding hydrogens is 272 g/mol. The van der Waals surface area contributed by atoms with Crippen molar-refractivity contribution in [2.45, 2.75) is 6.92 Å². The smallest absolute Gasteiger partial charge is 0.221 e. The highest BCUT2D eigenvalue weighted by Crippen LogP contribution is 2.24. The average molecular weight is 288 g/mol. The van der Waals surface area contributed by atoms with Crippen LogP contribution in [0, 0.1) is 0 Å². The first kappa shape index (κ1) is 14.0. The molecule has 0 radical (unpaired) electrons. The summed E-state index contributed by atoms with van der Waals surface area (Å²) in [5.41, 5.74) is 3.57. The number of rotatable bonds is 3. The van der Waals surface area contributed by atoms with Crippen LogP contribution in [0.5, 0.6) is 0 Å². The van der Waals surface area contributed by atoms with Gasteiger partial charge in [-0.05, 0) is 23.8 Å². The Morgan fingerprint density at radius 3 is 2.50 bits per heavy atom. The molecule has 0 unspecified atom stereocenters. The second-order valence-electron chi connectivity index (χ2n) is 5.04. The molecule has 1 heterocycles. The van der Waals surface area contributed by atoms with Gasteiger partial charge in [0.15, 0.2) is 0 Å². The molecule has 0 aliphatic carbocycles. The predicted octanol–water partition coefficient (Wildman–Crippen LogP) is 4.36. The lowest BCUT2D eigenvalue weighted by molar-refractivity contribution is -0.114. The predicted molar refractivity (Wildman–Crippen MR) is 91.4 cm³/mol. The summed E-state index contributed by atoms with van der Waals surface area (Å²) in [6.07, 6.45) is 3.96. The Morgan fingerprint density at radius 2 is 1.73 bits per heavy atom. The summed E-state index contributed by atoms with van der Waals surface area (Å²) in [5, 5.41) is 3.81. The van der Waals surface area contributed by atoms with Crippen LogP contribution in [-0.2, 0) is 4.79 Å². The van der Waals surface area contributed by atoms with Crippen LogP contribution in [0.2, 0.25) is 0 Å². The molecule has 0 aliphatic rings. The first-order chi connectivity index (χ1) is 10.7. The van der Waals surface area contributed by atoms with Crippen LogP contribution in [0.25, 0.3) is 23.1 Å². The van der Waals surface area contributed by atoms with Crippen molar-refractivity contribution in [3.8, 4) is 0 Å². The minimum absolute atomic E-state index is 0.0886. The highest BCUT2D eigenvalue weighted by Gasteiger charge is 2.05. The molecule has 0 fully saturated rings. The van der Waals surface area contributed by atoms with Crippen molar-refractivity contribution in [2.75, 3.05) is 5.32 Å². The normalized spacial score (nSPS) is 11.0. The van der Waals surface area contributed by atoms with Crippen LogP contribution < -0.4 is 5.32 Å². The Kier molecular flexibility index (Phi) is 3.97. The molecule has 22 heavy (non-hydrogen) atoms. The van der Waals surface area contributed by atoms with E-state index in [-0.39, 0.29) is 5.91 Å². The second-order valence-corrected chi connectivity index (χ2v) is 5.04. The van der Waals surface area contributed by atoms with E-state index in [4.69, 9.17) is 0 Å². The Balaban J connectivity index is 2.03. The van der Waals surface area contributed by atoms with Crippen molar-refractivity contribution in [2.24, 2.45) is 0 Å². The van der Waals surface area contributed by atoms with E-state index < -0.39 is 0 Å². The number of benzene rings is 2. The van der Waals surface area contributed by atoms with Crippen LogP contribution in [-0.4, -0.2) is 10.9 Å². The number of carbonyl (C=O) groups is 1. The number of hydrogen-bond acceptors (Lipinski definition) is 2. The largest absolute Gasteiger partial charge is 0.326 e. The molecule has 0 atom stereocenters. The van der Waals surface area contributed by atoms with Gasteiger partial charge in [-0.3, -0.25) is 4.79 Å². The zero-order chi connectivity index (χ0) is 15.4. The molecule has 0 saturated carbocycles. The zero-order valence-electron chi connectivity index (χ0n) is 12.3. The topological polar surface area (TPSA) is 42.0 Å². The van der Waals surface area contributed by atoms with Gasteiger partial charge in [0.2, 0.25) is 5.91 Å². The Bertz CT molecular complexity index is 838. The number of hydrogen-bond donors (Lipinski definition) is 1. The molecule has 3 rings (SSSR count). The van der Waals surface area contributed by atoms with Gasteiger partial charge in [0.25, 0.3) is 0 Å². The minimum Gasteiger partial charge on any atom is -0.326 e. The van der Waals surface area contributed by atoms with Crippen LogP contribution in [0.15, 0.2) is 60.7 Å². The Hall–Kier alpha value is -2.94. The van der Waals surface area contributed by atoms with E-state index in [0.29, 0.717) is 0 Å². The number of para-hydroxylation sites is 1. The fourth-order valence-electron chi connectivity index (χ4n) is 2.32. The van der Waals surface area contributed by atoms with Crippen molar-refractivity contribution < 1.29 is 4.79 Å². The number of carbonyl (C=O) groups excluding carboxylic acids is 1. The molecule has 2 aromatic carbocycles. The van der Waals surface area contributed by atoms with Crippen LogP contribution >= 0.6 is 0 Å². The summed E-state index contributed by atoms with van der Waals surface area (Å²) in [7, 11) is 0. The van der Waals surface area contributed by atoms with E-state index in [9.17, 15) is 4.79 Å². The molecule has 0 aliphatic heterocycles. The van der Waals surface area contributed by atoms with Crippen molar-refractivity contribution in [1.29, 1.82) is 0 Å². The van der Waals surface area contributed by atoms with Crippen LogP contribution in [0.1, 0.15) is 18.2 Å². The number of nitrogens with one attached hydrogen (secondary N) is 1. The molecule has 1 amide bonds. The molecule has 3 heteroatoms. The standard InChI is InChI=1S/C19H16N2O/c1-14(22)20-19-13-16(12-11-15-7-3-2-4-8-15)21-18-10-6-5-9-17(18)19/h2-13H,1H3,(H,20,21,22). The Morgan fingerprint density at radius 1 is 1.00 bits per heavy atom. The SMILES string of the molecule is CC(=O)Nc1cc(C=Cc2ccccc2)nc2ccccc12. The molecule has 3 nitrogen and oxygen atoms in total. The van der Waals surface area contributed by atoms with Crippen LogP contribution in [0.4, 0.5) is 5.69 Å². The maximum Gasteiger partial charge on any atom is 0.221 e. The number of pyridine rings is 1. The van der Waals surface area contributed by atoms with Crippen molar-refractivity contribution in [3.05, 3.63) is 71.9 Å². The third-order valence-corrected chi connectivity index (χ3v) is 3.29. The van der Waals surface area contributed by atoms with Gasteiger partial charge in [-0.25, -0.2) is 4.98 Å². The maximum atomic E-state index is 11.4. The number of fused-ring (bicyclic) bond motifs is 1. The van der Waals surface area contributed by atoms with E-state index in [0.717, 1.165) is 27.8 Å². The van der Waals surface area contributed by atoms with E-state index in [1.54, 1.807) is 0 Å². The maximum absolute atomic E-state index is 11.4. The summed E-state index contributed by atoms with van der Waals surface area (Å²) in [6, 6.07) is 19.7. The summed E-state index contributed by atoms with van der Waals surface area (Å²) in [4.78, 5) is 16.0. The van der Waals surface area contributed by atoms with E-state index in [1.165, 1.54) is 6.92 Å². The van der Waals surface area contributed by atoms with Gasteiger partial charge in [0.05, 0.1) is 16.9 Å². The third-order valence-electron chi connectivity index (χ3n) is 3.29. The van der Waals surface area contributed by atoms with Gasteiger partial charge in [0.1, 0.15) is 0 Å². The van der Waals surface area contributed by atoms with Gasteiger partial charge in [-0.1, -0.05) is 54.6 Å². The molecule has 1 N–H and O–H groups in total. The Labute approximate surface area is 129 Å². The number of anilines is 1. The number of amides is 1. The van der Waals surface area contributed by atoms with Gasteiger partial charge in [-0.15, -0.1) is 0 Å². The van der Waals surface area contributed by atoms with E-state index in [2.05, 4.69) is 10.3 Å². The lowest BCUT2D eigenvalue weighted by Gasteiger charge is -2.08. The highest BCUT2D eigenvalue weighted by molar-refractivity contribution is 6.00. The van der Waals surface area contributed by atoms with Crippen molar-refractivity contribution in [1.82, 2.24) is 4.98 Å². The number of nitrogens with zero attached hydrogens (tertiary/aromatic N) is 1. The summed E-state index contributed by atoms with van der Waals surface area (Å²) >= 11 is 0. The summed E-state index contributed by atoms with van der Waals surface area (Å²) in [5.74, 6) is -0.0886. The fraction of sp³-hybridized carbons (Fsp3) is 0.0526. The molecule has 0 saturated heterocycles. The van der Waals surface area contributed by atoms with Gasteiger partial charge < -0.3 is 5.32 Å². The molecule has 0 bridgehead atoms. The highest BCUT2D eigenvalue weighted by atomic mass is 16.1. The lowest BCUT2D eigenvalue weighted by atomic mass is 10.1. The first-order valence-electron chi connectivity index (χ1n) is 7.13. The monoisotopic (exact) mass is 288 g/mol. The van der Waals surface area contributed by atoms with Gasteiger partial charge >= 0.3 is 0 Å². The van der Waals surface area contributed by atoms with E-state index in [1.807, 2.05) is 72.8 Å². The summed E-state index contributed by atoms with van der Waals surface area (Å²) in [6.45, 7) is 1.51. The zero-order valence-corrected chi connectivity index (χ0v) is 12.3. The lowest BCUT2D eigenvalue weighted by Crippen LogP contribution is -2.06. The van der Waals surface area contributed by atoms with Crippen molar-refractivity contribution in [3.63, 3.8) is 0 Å². The first-order valence-corrected chi connectivity index (χ1v) is 7.13. The second kappa shape index (κ2) is 6.22. The quantitative estimate of drug-likeness (QED) is 0.778. The molecule has 0 spiro atoms. The number of aromatic nitrogens is 1. The van der Waals surface area contributed by atoms with Gasteiger partial charge in [-0.2, -0.15) is 0 Å². The average Bonchev–Trinajstić information content (AvgIpc) is 2.53. The van der Waals surface area contributed by atoms with Crippen LogP contribution in [0.3, 0.4) is 0 Å². The molecule has 108 valence electrons. The molecule has 3 aromatic rings. The fourth-order valence-corrected chi connectivity index (χ4v) is 2.32.